The molecule has 3 heterocycles. The zero-order valence-corrected chi connectivity index (χ0v) is 20.1. The number of para-hydroxylation sites is 3. The van der Waals surface area contributed by atoms with Gasteiger partial charge in [0.2, 0.25) is 0 Å². The standard InChI is InChI=1S/C28H22N4O2S/c1-3-34-21-13-14-22(18(2)15-21)26-19(17-31(30-26)20-9-5-4-6-10-20)16-25-27(33)32-24-12-8-7-11-23(24)29-28(32)35-25/h4-17H,3H2,1-2H3. The van der Waals surface area contributed by atoms with E-state index in [-0.39, 0.29) is 5.56 Å². The van der Waals surface area contributed by atoms with Gasteiger partial charge in [-0.25, -0.2) is 14.1 Å². The van der Waals surface area contributed by atoms with Crippen molar-refractivity contribution < 1.29 is 4.74 Å². The van der Waals surface area contributed by atoms with E-state index in [1.54, 1.807) is 4.40 Å². The average molecular weight is 479 g/mol. The summed E-state index contributed by atoms with van der Waals surface area (Å²) >= 11 is 1.39. The topological polar surface area (TPSA) is 61.4 Å². The minimum absolute atomic E-state index is 0.0690. The van der Waals surface area contributed by atoms with Crippen molar-refractivity contribution in [2.75, 3.05) is 6.61 Å². The van der Waals surface area contributed by atoms with Gasteiger partial charge in [0.1, 0.15) is 11.4 Å². The first kappa shape index (κ1) is 21.3. The summed E-state index contributed by atoms with van der Waals surface area (Å²) in [5.41, 5.74) is 6.26. The van der Waals surface area contributed by atoms with Gasteiger partial charge >= 0.3 is 0 Å². The Morgan fingerprint density at radius 1 is 1.03 bits per heavy atom. The minimum atomic E-state index is -0.0690. The molecule has 0 aliphatic heterocycles. The lowest BCUT2D eigenvalue weighted by Crippen LogP contribution is -2.22. The number of benzene rings is 3. The molecule has 0 unspecified atom stereocenters. The zero-order valence-electron chi connectivity index (χ0n) is 19.3. The van der Waals surface area contributed by atoms with Crippen molar-refractivity contribution in [1.29, 1.82) is 0 Å². The van der Waals surface area contributed by atoms with Crippen LogP contribution < -0.4 is 14.8 Å². The van der Waals surface area contributed by atoms with Crippen LogP contribution in [-0.2, 0) is 0 Å². The Bertz CT molecular complexity index is 1800. The Morgan fingerprint density at radius 2 is 1.83 bits per heavy atom. The largest absolute Gasteiger partial charge is 0.494 e. The number of rotatable bonds is 5. The molecule has 3 aromatic carbocycles. The average Bonchev–Trinajstić information content (AvgIpc) is 3.53. The van der Waals surface area contributed by atoms with E-state index in [9.17, 15) is 4.79 Å². The van der Waals surface area contributed by atoms with E-state index in [1.807, 2.05) is 104 Å². The zero-order chi connectivity index (χ0) is 23.9. The molecule has 3 aromatic heterocycles. The van der Waals surface area contributed by atoms with Crippen molar-refractivity contribution >= 4 is 33.4 Å². The normalized spacial score (nSPS) is 12.1. The highest BCUT2D eigenvalue weighted by Crippen LogP contribution is 2.30. The second-order valence-electron chi connectivity index (χ2n) is 8.26. The fraction of sp³-hybridized carbons (Fsp3) is 0.107. The monoisotopic (exact) mass is 478 g/mol. The Balaban J connectivity index is 1.56. The SMILES string of the molecule is CCOc1ccc(-c2nn(-c3ccccc3)cc2C=c2sc3nc4ccccc4n3c2=O)c(C)c1. The van der Waals surface area contributed by atoms with Crippen molar-refractivity contribution in [3.63, 3.8) is 0 Å². The third-order valence-corrected chi connectivity index (χ3v) is 6.93. The first-order valence-corrected chi connectivity index (χ1v) is 12.2. The molecule has 7 heteroatoms. The number of aromatic nitrogens is 4. The van der Waals surface area contributed by atoms with Crippen LogP contribution in [0, 0.1) is 6.92 Å². The Hall–Kier alpha value is -4.23. The first-order valence-electron chi connectivity index (χ1n) is 11.4. The summed E-state index contributed by atoms with van der Waals surface area (Å²) in [6.07, 6.45) is 3.90. The number of ether oxygens (including phenoxy) is 1. The molecule has 172 valence electrons. The van der Waals surface area contributed by atoms with Gasteiger partial charge < -0.3 is 4.74 Å². The second-order valence-corrected chi connectivity index (χ2v) is 9.27. The van der Waals surface area contributed by atoms with Crippen LogP contribution >= 0.6 is 11.3 Å². The van der Waals surface area contributed by atoms with Crippen LogP contribution in [0.25, 0.3) is 39.0 Å². The van der Waals surface area contributed by atoms with Crippen LogP contribution in [-0.4, -0.2) is 25.8 Å². The molecule has 0 saturated carbocycles. The van der Waals surface area contributed by atoms with E-state index in [0.29, 0.717) is 16.1 Å². The fourth-order valence-electron chi connectivity index (χ4n) is 4.33. The molecule has 0 aliphatic carbocycles. The van der Waals surface area contributed by atoms with Gasteiger partial charge in [0.15, 0.2) is 4.96 Å². The van der Waals surface area contributed by atoms with Gasteiger partial charge in [-0.15, -0.1) is 0 Å². The van der Waals surface area contributed by atoms with Crippen LogP contribution in [0.3, 0.4) is 0 Å². The number of hydrogen-bond acceptors (Lipinski definition) is 5. The smallest absolute Gasteiger partial charge is 0.274 e. The fourth-order valence-corrected chi connectivity index (χ4v) is 5.30. The van der Waals surface area contributed by atoms with Crippen molar-refractivity contribution in [3.8, 4) is 22.7 Å². The summed E-state index contributed by atoms with van der Waals surface area (Å²) in [5, 5.41) is 4.93. The predicted molar refractivity (Wildman–Crippen MR) is 141 cm³/mol. The number of thiazole rings is 1. The van der Waals surface area contributed by atoms with Crippen molar-refractivity contribution in [2.45, 2.75) is 13.8 Å². The maximum absolute atomic E-state index is 13.4. The number of hydrogen-bond donors (Lipinski definition) is 0. The molecule has 35 heavy (non-hydrogen) atoms. The van der Waals surface area contributed by atoms with E-state index in [4.69, 9.17) is 9.84 Å². The quantitative estimate of drug-likeness (QED) is 0.349. The third kappa shape index (κ3) is 3.70. The molecule has 6 aromatic rings. The maximum atomic E-state index is 13.4. The molecule has 6 nitrogen and oxygen atoms in total. The Morgan fingerprint density at radius 3 is 2.63 bits per heavy atom. The number of imidazole rings is 1. The lowest BCUT2D eigenvalue weighted by molar-refractivity contribution is 0.340. The minimum Gasteiger partial charge on any atom is -0.494 e. The van der Waals surface area contributed by atoms with E-state index < -0.39 is 0 Å². The summed E-state index contributed by atoms with van der Waals surface area (Å²) in [7, 11) is 0. The lowest BCUT2D eigenvalue weighted by Gasteiger charge is -2.08. The first-order chi connectivity index (χ1) is 17.1. The van der Waals surface area contributed by atoms with E-state index in [1.165, 1.54) is 11.3 Å². The summed E-state index contributed by atoms with van der Waals surface area (Å²) in [6, 6.07) is 23.7. The molecule has 0 amide bonds. The molecule has 0 bridgehead atoms. The molecule has 6 rings (SSSR count). The Labute approximate surface area is 205 Å². The number of fused-ring (bicyclic) bond motifs is 3. The van der Waals surface area contributed by atoms with Crippen molar-refractivity contribution in [2.24, 2.45) is 0 Å². The van der Waals surface area contributed by atoms with Crippen LogP contribution in [0.2, 0.25) is 0 Å². The van der Waals surface area contributed by atoms with Crippen LogP contribution in [0.15, 0.2) is 83.8 Å². The van der Waals surface area contributed by atoms with Gasteiger partial charge in [-0.3, -0.25) is 4.79 Å². The van der Waals surface area contributed by atoms with Crippen LogP contribution in [0.1, 0.15) is 18.1 Å². The highest BCUT2D eigenvalue weighted by Gasteiger charge is 2.16. The summed E-state index contributed by atoms with van der Waals surface area (Å²) in [6.45, 7) is 4.63. The van der Waals surface area contributed by atoms with Gasteiger partial charge in [0, 0.05) is 17.3 Å². The molecular formula is C28H22N4O2S. The van der Waals surface area contributed by atoms with Crippen LogP contribution in [0.5, 0.6) is 5.75 Å². The van der Waals surface area contributed by atoms with Gasteiger partial charge in [-0.05, 0) is 68.0 Å². The summed E-state index contributed by atoms with van der Waals surface area (Å²) < 4.78 is 9.84. The Kier molecular flexibility index (Phi) is 5.19. The van der Waals surface area contributed by atoms with Gasteiger partial charge in [0.05, 0.1) is 27.9 Å². The van der Waals surface area contributed by atoms with E-state index >= 15 is 0 Å². The van der Waals surface area contributed by atoms with Gasteiger partial charge in [-0.2, -0.15) is 5.10 Å². The van der Waals surface area contributed by atoms with Gasteiger partial charge in [-0.1, -0.05) is 41.7 Å². The highest BCUT2D eigenvalue weighted by molar-refractivity contribution is 7.15. The predicted octanol–water partition coefficient (Wildman–Crippen LogP) is 5.02. The van der Waals surface area contributed by atoms with Crippen LogP contribution in [0.4, 0.5) is 0 Å². The molecule has 0 fully saturated rings. The van der Waals surface area contributed by atoms with Gasteiger partial charge in [0.25, 0.3) is 5.56 Å². The summed E-state index contributed by atoms with van der Waals surface area (Å²) in [4.78, 5) is 18.7. The molecule has 0 radical (unpaired) electrons. The molecule has 0 N–H and O–H groups in total. The maximum Gasteiger partial charge on any atom is 0.274 e. The molecule has 0 spiro atoms. The number of aryl methyl sites for hydroxylation is 1. The third-order valence-electron chi connectivity index (χ3n) is 5.96. The lowest BCUT2D eigenvalue weighted by atomic mass is 10.0. The summed E-state index contributed by atoms with van der Waals surface area (Å²) in [5.74, 6) is 0.829. The number of nitrogens with zero attached hydrogens (tertiary/aromatic N) is 4. The van der Waals surface area contributed by atoms with E-state index in [2.05, 4.69) is 4.98 Å². The second kappa shape index (κ2) is 8.52. The molecule has 0 saturated heterocycles. The molecule has 0 atom stereocenters. The van der Waals surface area contributed by atoms with E-state index in [0.717, 1.165) is 44.9 Å². The molecular weight excluding hydrogens is 456 g/mol. The van der Waals surface area contributed by atoms with Crippen molar-refractivity contribution in [3.05, 3.63) is 105 Å². The highest BCUT2D eigenvalue weighted by atomic mass is 32.1. The van der Waals surface area contributed by atoms with Crippen molar-refractivity contribution in [1.82, 2.24) is 19.2 Å². The molecule has 0 aliphatic rings.